The molecule has 1 aromatic carbocycles. The largest absolute Gasteiger partial charge is 0.378 e. The molecule has 1 aliphatic rings. The molecule has 0 bridgehead atoms. The highest BCUT2D eigenvalue weighted by Crippen LogP contribution is 2.19. The van der Waals surface area contributed by atoms with Crippen molar-refractivity contribution in [3.8, 4) is 0 Å². The van der Waals surface area contributed by atoms with Gasteiger partial charge in [0.15, 0.2) is 5.96 Å². The first-order valence-corrected chi connectivity index (χ1v) is 9.15. The van der Waals surface area contributed by atoms with Gasteiger partial charge in [0, 0.05) is 40.3 Å². The average Bonchev–Trinajstić information content (AvgIpc) is 2.59. The van der Waals surface area contributed by atoms with Crippen molar-refractivity contribution in [2.24, 2.45) is 4.99 Å². The molecule has 0 aromatic heterocycles. The number of piperidine rings is 1. The highest BCUT2D eigenvalue weighted by molar-refractivity contribution is 14.0. The molecule has 0 saturated carbocycles. The fourth-order valence-electron chi connectivity index (χ4n) is 3.07. The molecule has 7 heteroatoms. The van der Waals surface area contributed by atoms with Gasteiger partial charge in [0.2, 0.25) is 0 Å². The second kappa shape index (κ2) is 11.6. The first-order chi connectivity index (χ1) is 12.0. The maximum absolute atomic E-state index is 14.1. The minimum absolute atomic E-state index is 0. The molecule has 5 nitrogen and oxygen atoms in total. The van der Waals surface area contributed by atoms with Crippen LogP contribution in [0.3, 0.4) is 0 Å². The standard InChI is InChI=1S/C19H31FN4O.HI/c1-5-21-19(24-11-9-16(10-12-24)25-6-2)22-14-15-7-8-18(23(3)4)17(20)13-15;/h7-8,13,16H,5-6,9-12,14H2,1-4H3,(H,21,22);1H. The molecule has 0 spiro atoms. The van der Waals surface area contributed by atoms with Gasteiger partial charge in [-0.1, -0.05) is 6.07 Å². The maximum atomic E-state index is 14.1. The first kappa shape index (κ1) is 23.0. The number of nitrogens with zero attached hydrogens (tertiary/aromatic N) is 3. The molecule has 0 atom stereocenters. The SMILES string of the molecule is CCNC(=NCc1ccc(N(C)C)c(F)c1)N1CCC(OCC)CC1.I. The number of aliphatic imine (C=N–C) groups is 1. The topological polar surface area (TPSA) is 40.1 Å². The molecule has 1 N–H and O–H groups in total. The molecule has 0 amide bonds. The number of nitrogens with one attached hydrogen (secondary N) is 1. The van der Waals surface area contributed by atoms with E-state index in [0.717, 1.165) is 50.6 Å². The Kier molecular flexibility index (Phi) is 10.2. The number of benzene rings is 1. The highest BCUT2D eigenvalue weighted by atomic mass is 127. The monoisotopic (exact) mass is 478 g/mol. The minimum atomic E-state index is -0.208. The summed E-state index contributed by atoms with van der Waals surface area (Å²) >= 11 is 0. The van der Waals surface area contributed by atoms with E-state index in [9.17, 15) is 4.39 Å². The number of anilines is 1. The van der Waals surface area contributed by atoms with Gasteiger partial charge in [-0.15, -0.1) is 24.0 Å². The Hall–Kier alpha value is -1.09. The summed E-state index contributed by atoms with van der Waals surface area (Å²) in [5.74, 6) is 0.690. The van der Waals surface area contributed by atoms with Gasteiger partial charge in [0.1, 0.15) is 5.82 Å². The fraction of sp³-hybridized carbons (Fsp3) is 0.632. The summed E-state index contributed by atoms with van der Waals surface area (Å²) in [7, 11) is 3.68. The van der Waals surface area contributed by atoms with Gasteiger partial charge in [-0.2, -0.15) is 0 Å². The van der Waals surface area contributed by atoms with Crippen molar-refractivity contribution in [3.63, 3.8) is 0 Å². The predicted octanol–water partition coefficient (Wildman–Crippen LogP) is 3.48. The lowest BCUT2D eigenvalue weighted by atomic mass is 10.1. The Morgan fingerprint density at radius 3 is 2.54 bits per heavy atom. The number of rotatable bonds is 6. The Labute approximate surface area is 174 Å². The number of halogens is 2. The molecule has 1 saturated heterocycles. The van der Waals surface area contributed by atoms with E-state index < -0.39 is 0 Å². The van der Waals surface area contributed by atoms with Gasteiger partial charge < -0.3 is 19.9 Å². The maximum Gasteiger partial charge on any atom is 0.194 e. The fourth-order valence-corrected chi connectivity index (χ4v) is 3.07. The Balaban J connectivity index is 0.00000338. The molecule has 1 aliphatic heterocycles. The zero-order chi connectivity index (χ0) is 18.2. The molecule has 2 rings (SSSR count). The van der Waals surface area contributed by atoms with Crippen LogP contribution < -0.4 is 10.2 Å². The van der Waals surface area contributed by atoms with Gasteiger partial charge >= 0.3 is 0 Å². The van der Waals surface area contributed by atoms with Crippen LogP contribution >= 0.6 is 24.0 Å². The predicted molar refractivity (Wildman–Crippen MR) is 117 cm³/mol. The Morgan fingerprint density at radius 1 is 1.31 bits per heavy atom. The third-order valence-electron chi connectivity index (χ3n) is 4.38. The quantitative estimate of drug-likeness (QED) is 0.386. The van der Waals surface area contributed by atoms with Crippen LogP contribution in [0, 0.1) is 5.82 Å². The molecular weight excluding hydrogens is 446 g/mol. The van der Waals surface area contributed by atoms with Crippen LogP contribution in [0.1, 0.15) is 32.3 Å². The van der Waals surface area contributed by atoms with Gasteiger partial charge in [0.25, 0.3) is 0 Å². The number of ether oxygens (including phenoxy) is 1. The van der Waals surface area contributed by atoms with Crippen LogP contribution in [0.15, 0.2) is 23.2 Å². The zero-order valence-corrected chi connectivity index (χ0v) is 18.6. The summed E-state index contributed by atoms with van der Waals surface area (Å²) in [6.07, 6.45) is 2.39. The summed E-state index contributed by atoms with van der Waals surface area (Å²) in [4.78, 5) is 8.74. The second-order valence-electron chi connectivity index (χ2n) is 6.49. The van der Waals surface area contributed by atoms with Gasteiger partial charge in [0.05, 0.1) is 18.3 Å². The third kappa shape index (κ3) is 6.57. The van der Waals surface area contributed by atoms with Crippen molar-refractivity contribution in [2.45, 2.75) is 39.3 Å². The van der Waals surface area contributed by atoms with E-state index in [-0.39, 0.29) is 29.8 Å². The summed E-state index contributed by atoms with van der Waals surface area (Å²) < 4.78 is 19.8. The summed E-state index contributed by atoms with van der Waals surface area (Å²) in [6.45, 7) is 8.03. The molecule has 0 radical (unpaired) electrons. The van der Waals surface area contributed by atoms with Gasteiger partial charge in [-0.25, -0.2) is 9.38 Å². The van der Waals surface area contributed by atoms with E-state index in [1.54, 1.807) is 17.0 Å². The van der Waals surface area contributed by atoms with E-state index >= 15 is 0 Å². The van der Waals surface area contributed by atoms with Crippen molar-refractivity contribution >= 4 is 35.6 Å². The van der Waals surface area contributed by atoms with Crippen LogP contribution in [0.2, 0.25) is 0 Å². The van der Waals surface area contributed by atoms with Crippen molar-refractivity contribution in [2.75, 3.05) is 45.2 Å². The molecule has 0 aliphatic carbocycles. The normalized spacial score (nSPS) is 15.6. The smallest absolute Gasteiger partial charge is 0.194 e. The van der Waals surface area contributed by atoms with Gasteiger partial charge in [-0.3, -0.25) is 0 Å². The van der Waals surface area contributed by atoms with E-state index in [4.69, 9.17) is 9.73 Å². The third-order valence-corrected chi connectivity index (χ3v) is 4.38. The van der Waals surface area contributed by atoms with Crippen molar-refractivity contribution in [1.82, 2.24) is 10.2 Å². The average molecular weight is 478 g/mol. The van der Waals surface area contributed by atoms with Crippen molar-refractivity contribution in [3.05, 3.63) is 29.6 Å². The van der Waals surface area contributed by atoms with Crippen LogP contribution in [-0.4, -0.2) is 57.3 Å². The summed E-state index contributed by atoms with van der Waals surface area (Å²) in [6, 6.07) is 5.32. The molecule has 1 heterocycles. The van der Waals surface area contributed by atoms with E-state index in [0.29, 0.717) is 18.3 Å². The lowest BCUT2D eigenvalue weighted by Crippen LogP contribution is -2.47. The lowest BCUT2D eigenvalue weighted by Gasteiger charge is -2.34. The number of hydrogen-bond acceptors (Lipinski definition) is 3. The molecular formula is C19H32FIN4O. The van der Waals surface area contributed by atoms with Crippen LogP contribution in [-0.2, 0) is 11.3 Å². The molecule has 1 fully saturated rings. The van der Waals surface area contributed by atoms with Crippen LogP contribution in [0.25, 0.3) is 0 Å². The molecule has 26 heavy (non-hydrogen) atoms. The minimum Gasteiger partial charge on any atom is -0.378 e. The second-order valence-corrected chi connectivity index (χ2v) is 6.49. The molecule has 148 valence electrons. The number of hydrogen-bond donors (Lipinski definition) is 1. The van der Waals surface area contributed by atoms with E-state index in [2.05, 4.69) is 17.1 Å². The van der Waals surface area contributed by atoms with Crippen molar-refractivity contribution < 1.29 is 9.13 Å². The first-order valence-electron chi connectivity index (χ1n) is 9.15. The van der Waals surface area contributed by atoms with Crippen molar-refractivity contribution in [1.29, 1.82) is 0 Å². The van der Waals surface area contributed by atoms with Crippen LogP contribution in [0.5, 0.6) is 0 Å². The lowest BCUT2D eigenvalue weighted by molar-refractivity contribution is 0.0263. The van der Waals surface area contributed by atoms with Crippen LogP contribution in [0.4, 0.5) is 10.1 Å². The number of likely N-dealkylation sites (tertiary alicyclic amines) is 1. The zero-order valence-electron chi connectivity index (χ0n) is 16.3. The van der Waals surface area contributed by atoms with E-state index in [1.165, 1.54) is 0 Å². The summed E-state index contributed by atoms with van der Waals surface area (Å²) in [5.41, 5.74) is 1.47. The molecule has 1 aromatic rings. The highest BCUT2D eigenvalue weighted by Gasteiger charge is 2.21. The molecule has 0 unspecified atom stereocenters. The van der Waals surface area contributed by atoms with Gasteiger partial charge in [-0.05, 0) is 44.4 Å². The number of guanidine groups is 1. The van der Waals surface area contributed by atoms with E-state index in [1.807, 2.05) is 27.1 Å². The summed E-state index contributed by atoms with van der Waals surface area (Å²) in [5, 5.41) is 3.35. The Bertz CT molecular complexity index is 575. The Morgan fingerprint density at radius 2 is 2.00 bits per heavy atom.